The standard InChI is InChI=1S/C31H29F3N2O/c1-17-14-25(24-11-7-10-22-18(2)16-35-28(22)24)23(26-19(3)29(37)30(4,5)36-27(17)26)13-12-20-8-6-9-21(15-20)31(32,33)34/h6-11,14-16,19,29,35-37H,1-5H3. The first-order chi connectivity index (χ1) is 17.4. The molecule has 2 unspecified atom stereocenters. The Morgan fingerprint density at radius 1 is 0.946 bits per heavy atom. The molecule has 3 aromatic carbocycles. The maximum Gasteiger partial charge on any atom is 0.416 e. The van der Waals surface area contributed by atoms with Crippen molar-refractivity contribution < 1.29 is 18.3 Å². The molecule has 2 heterocycles. The minimum atomic E-state index is -4.44. The minimum Gasteiger partial charge on any atom is -0.390 e. The highest BCUT2D eigenvalue weighted by Gasteiger charge is 2.41. The third kappa shape index (κ3) is 4.28. The number of H-pyrrole nitrogens is 1. The van der Waals surface area contributed by atoms with Crippen LogP contribution in [0.15, 0.2) is 54.7 Å². The highest BCUT2D eigenvalue weighted by Crippen LogP contribution is 2.46. The Labute approximate surface area is 214 Å². The van der Waals surface area contributed by atoms with Gasteiger partial charge in [-0.05, 0) is 68.7 Å². The number of nitrogens with one attached hydrogen (secondary N) is 2. The summed E-state index contributed by atoms with van der Waals surface area (Å²) in [4.78, 5) is 3.37. The molecule has 0 aliphatic carbocycles. The van der Waals surface area contributed by atoms with Gasteiger partial charge in [0.2, 0.25) is 0 Å². The Morgan fingerprint density at radius 2 is 1.68 bits per heavy atom. The number of aromatic nitrogens is 1. The van der Waals surface area contributed by atoms with Gasteiger partial charge >= 0.3 is 6.18 Å². The minimum absolute atomic E-state index is 0.250. The Morgan fingerprint density at radius 3 is 2.41 bits per heavy atom. The smallest absolute Gasteiger partial charge is 0.390 e. The molecule has 0 amide bonds. The summed E-state index contributed by atoms with van der Waals surface area (Å²) in [6.07, 6.45) is -3.17. The second-order valence-electron chi connectivity index (χ2n) is 10.5. The lowest BCUT2D eigenvalue weighted by Gasteiger charge is -2.43. The van der Waals surface area contributed by atoms with E-state index in [-0.39, 0.29) is 11.5 Å². The van der Waals surface area contributed by atoms with Crippen LogP contribution >= 0.6 is 0 Å². The van der Waals surface area contributed by atoms with E-state index in [9.17, 15) is 18.3 Å². The fourth-order valence-electron chi connectivity index (χ4n) is 5.42. The van der Waals surface area contributed by atoms with Crippen LogP contribution < -0.4 is 5.32 Å². The van der Waals surface area contributed by atoms with Crippen LogP contribution in [0.1, 0.15) is 60.1 Å². The first-order valence-electron chi connectivity index (χ1n) is 12.3. The molecule has 1 aliphatic rings. The highest BCUT2D eigenvalue weighted by atomic mass is 19.4. The molecular formula is C31H29F3N2O. The zero-order valence-electron chi connectivity index (χ0n) is 21.4. The molecule has 0 bridgehead atoms. The van der Waals surface area contributed by atoms with Crippen molar-refractivity contribution >= 4 is 16.6 Å². The van der Waals surface area contributed by atoms with E-state index in [4.69, 9.17) is 0 Å². The van der Waals surface area contributed by atoms with Crippen LogP contribution in [-0.2, 0) is 6.18 Å². The van der Waals surface area contributed by atoms with Crippen molar-refractivity contribution in [1.82, 2.24) is 4.98 Å². The van der Waals surface area contributed by atoms with Gasteiger partial charge in [-0.3, -0.25) is 0 Å². The Balaban J connectivity index is 1.80. The number of hydrogen-bond donors (Lipinski definition) is 3. The Kier molecular flexibility index (Phi) is 5.88. The fourth-order valence-corrected chi connectivity index (χ4v) is 5.42. The third-order valence-electron chi connectivity index (χ3n) is 7.41. The van der Waals surface area contributed by atoms with Crippen LogP contribution in [0.4, 0.5) is 18.9 Å². The summed E-state index contributed by atoms with van der Waals surface area (Å²) in [5.74, 6) is 5.97. The second-order valence-corrected chi connectivity index (χ2v) is 10.5. The molecule has 5 rings (SSSR count). The van der Waals surface area contributed by atoms with Crippen LogP contribution in [0.2, 0.25) is 0 Å². The van der Waals surface area contributed by atoms with Crippen molar-refractivity contribution in [2.75, 3.05) is 5.32 Å². The molecule has 0 radical (unpaired) electrons. The number of rotatable bonds is 1. The number of halogens is 3. The number of fused-ring (bicyclic) bond motifs is 2. The van der Waals surface area contributed by atoms with E-state index < -0.39 is 23.4 Å². The van der Waals surface area contributed by atoms with Gasteiger partial charge in [0, 0.05) is 45.4 Å². The molecule has 1 aliphatic heterocycles. The molecule has 0 fully saturated rings. The number of alkyl halides is 3. The van der Waals surface area contributed by atoms with E-state index in [2.05, 4.69) is 34.3 Å². The zero-order valence-corrected chi connectivity index (χ0v) is 21.4. The lowest BCUT2D eigenvalue weighted by molar-refractivity contribution is -0.137. The van der Waals surface area contributed by atoms with Gasteiger partial charge in [-0.2, -0.15) is 13.2 Å². The van der Waals surface area contributed by atoms with Gasteiger partial charge in [-0.25, -0.2) is 0 Å². The van der Waals surface area contributed by atoms with Gasteiger partial charge in [0.05, 0.1) is 22.7 Å². The summed E-state index contributed by atoms with van der Waals surface area (Å²) in [5, 5.41) is 15.8. The predicted octanol–water partition coefficient (Wildman–Crippen LogP) is 7.54. The number of aliphatic hydroxyl groups is 1. The van der Waals surface area contributed by atoms with E-state index in [1.54, 1.807) is 6.07 Å². The van der Waals surface area contributed by atoms with Gasteiger partial charge in [-0.15, -0.1) is 0 Å². The molecule has 2 atom stereocenters. The maximum atomic E-state index is 13.3. The van der Waals surface area contributed by atoms with Crippen molar-refractivity contribution in [3.05, 3.63) is 88.1 Å². The van der Waals surface area contributed by atoms with Crippen LogP contribution in [-0.4, -0.2) is 21.7 Å². The van der Waals surface area contributed by atoms with Gasteiger partial charge in [0.25, 0.3) is 0 Å². The lowest BCUT2D eigenvalue weighted by Crippen LogP contribution is -2.50. The Hall–Kier alpha value is -3.69. The van der Waals surface area contributed by atoms with Crippen LogP contribution in [0.5, 0.6) is 0 Å². The maximum absolute atomic E-state index is 13.3. The SMILES string of the molecule is Cc1cc(-c2cccc3c(C)c[nH]c23)c(C#Cc2cccc(C(F)(F)F)c2)c2c1NC(C)(C)C(O)C2C. The molecule has 3 nitrogen and oxygen atoms in total. The molecule has 1 aromatic heterocycles. The van der Waals surface area contributed by atoms with E-state index >= 15 is 0 Å². The number of aromatic amines is 1. The van der Waals surface area contributed by atoms with Crippen LogP contribution in [0, 0.1) is 25.7 Å². The molecular weight excluding hydrogens is 473 g/mol. The van der Waals surface area contributed by atoms with Crippen molar-refractivity contribution in [1.29, 1.82) is 0 Å². The summed E-state index contributed by atoms with van der Waals surface area (Å²) < 4.78 is 39.9. The lowest BCUT2D eigenvalue weighted by atomic mass is 9.75. The van der Waals surface area contributed by atoms with Crippen molar-refractivity contribution in [3.63, 3.8) is 0 Å². The van der Waals surface area contributed by atoms with E-state index in [0.717, 1.165) is 56.5 Å². The first kappa shape index (κ1) is 25.0. The quantitative estimate of drug-likeness (QED) is 0.236. The van der Waals surface area contributed by atoms with Crippen LogP contribution in [0.25, 0.3) is 22.0 Å². The van der Waals surface area contributed by atoms with Gasteiger partial charge in [-0.1, -0.05) is 43.0 Å². The molecule has 3 N–H and O–H groups in total. The van der Waals surface area contributed by atoms with E-state index in [0.29, 0.717) is 5.56 Å². The molecule has 0 saturated heterocycles. The molecule has 0 spiro atoms. The fraction of sp³-hybridized carbons (Fsp3) is 0.290. The van der Waals surface area contributed by atoms with Gasteiger partial charge in [0.15, 0.2) is 0 Å². The summed E-state index contributed by atoms with van der Waals surface area (Å²) in [6.45, 7) is 9.96. The molecule has 0 saturated carbocycles. The first-order valence-corrected chi connectivity index (χ1v) is 12.3. The summed E-state index contributed by atoms with van der Waals surface area (Å²) >= 11 is 0. The number of hydrogen-bond acceptors (Lipinski definition) is 2. The average molecular weight is 503 g/mol. The van der Waals surface area contributed by atoms with Gasteiger partial charge < -0.3 is 15.4 Å². The number of benzene rings is 3. The van der Waals surface area contributed by atoms with E-state index in [1.807, 2.05) is 52.9 Å². The monoisotopic (exact) mass is 502 g/mol. The largest absolute Gasteiger partial charge is 0.416 e. The second kappa shape index (κ2) is 8.71. The zero-order chi connectivity index (χ0) is 26.7. The number of anilines is 1. The predicted molar refractivity (Wildman–Crippen MR) is 143 cm³/mol. The summed E-state index contributed by atoms with van der Waals surface area (Å²) in [7, 11) is 0. The van der Waals surface area contributed by atoms with Crippen molar-refractivity contribution in [3.8, 4) is 23.0 Å². The third-order valence-corrected chi connectivity index (χ3v) is 7.41. The highest BCUT2D eigenvalue weighted by molar-refractivity contribution is 5.98. The molecule has 37 heavy (non-hydrogen) atoms. The molecule has 4 aromatic rings. The number of para-hydroxylation sites is 1. The summed E-state index contributed by atoms with van der Waals surface area (Å²) in [5.41, 5.74) is 6.42. The van der Waals surface area contributed by atoms with E-state index in [1.165, 1.54) is 6.07 Å². The number of aliphatic hydroxyl groups excluding tert-OH is 1. The average Bonchev–Trinajstić information content (AvgIpc) is 3.23. The topological polar surface area (TPSA) is 48.0 Å². The van der Waals surface area contributed by atoms with Crippen LogP contribution in [0.3, 0.4) is 0 Å². The van der Waals surface area contributed by atoms with Crippen molar-refractivity contribution in [2.24, 2.45) is 0 Å². The Bertz CT molecular complexity index is 1580. The van der Waals surface area contributed by atoms with Crippen molar-refractivity contribution in [2.45, 2.75) is 58.4 Å². The van der Waals surface area contributed by atoms with Gasteiger partial charge in [0.1, 0.15) is 0 Å². The molecule has 190 valence electrons. The summed E-state index contributed by atoms with van der Waals surface area (Å²) in [6, 6.07) is 13.2. The molecule has 6 heteroatoms. The normalized spacial score (nSPS) is 18.6. The number of aryl methyl sites for hydroxylation is 2.